The van der Waals surface area contributed by atoms with Crippen LogP contribution in [0.2, 0.25) is 0 Å². The Hall–Kier alpha value is -0.660. The average molecular weight is 308 g/mol. The number of likely N-dealkylation sites (N-methyl/N-ethyl adjacent to an activating group) is 1. The molecule has 0 bridgehead atoms. The summed E-state index contributed by atoms with van der Waals surface area (Å²) in [7, 11) is 1.64. The average Bonchev–Trinajstić information content (AvgIpc) is 3.05. The quantitative estimate of drug-likeness (QED) is 0.899. The van der Waals surface area contributed by atoms with Crippen molar-refractivity contribution in [2.75, 3.05) is 13.7 Å². The Morgan fingerprint density at radius 1 is 1.45 bits per heavy atom. The van der Waals surface area contributed by atoms with E-state index in [1.165, 1.54) is 6.20 Å². The van der Waals surface area contributed by atoms with E-state index in [1.807, 2.05) is 6.92 Å². The monoisotopic (exact) mass is 308 g/mol. The number of halogens is 3. The van der Waals surface area contributed by atoms with E-state index in [2.05, 4.69) is 10.3 Å². The SMILES string of the molecule is CCNC(c1cnc(C(F)(F)F)s1)C1(OC)CCCC1. The number of nitrogens with zero attached hydrogens (tertiary/aromatic N) is 1. The predicted octanol–water partition coefficient (Wildman–Crippen LogP) is 3.77. The van der Waals surface area contributed by atoms with E-state index >= 15 is 0 Å². The molecule has 1 aromatic rings. The van der Waals surface area contributed by atoms with Crippen LogP contribution < -0.4 is 5.32 Å². The van der Waals surface area contributed by atoms with Gasteiger partial charge in [0.2, 0.25) is 0 Å². The van der Waals surface area contributed by atoms with Crippen LogP contribution in [0.4, 0.5) is 13.2 Å². The van der Waals surface area contributed by atoms with Crippen LogP contribution in [0.25, 0.3) is 0 Å². The Morgan fingerprint density at radius 3 is 2.55 bits per heavy atom. The summed E-state index contributed by atoms with van der Waals surface area (Å²) in [6, 6.07) is -0.228. The largest absolute Gasteiger partial charge is 0.443 e. The Bertz CT molecular complexity index is 441. The van der Waals surface area contributed by atoms with Crippen molar-refractivity contribution in [2.24, 2.45) is 0 Å². The molecule has 0 amide bonds. The summed E-state index contributed by atoms with van der Waals surface area (Å²) < 4.78 is 43.8. The molecule has 20 heavy (non-hydrogen) atoms. The van der Waals surface area contributed by atoms with E-state index in [4.69, 9.17) is 4.74 Å². The zero-order chi connectivity index (χ0) is 14.8. The van der Waals surface area contributed by atoms with Crippen molar-refractivity contribution in [1.29, 1.82) is 0 Å². The number of hydrogen-bond donors (Lipinski definition) is 1. The molecular formula is C13H19F3N2OS. The van der Waals surface area contributed by atoms with Crippen molar-refractivity contribution < 1.29 is 17.9 Å². The maximum Gasteiger partial charge on any atom is 0.443 e. The number of rotatable bonds is 5. The third-order valence-electron chi connectivity index (χ3n) is 3.84. The van der Waals surface area contributed by atoms with Crippen LogP contribution >= 0.6 is 11.3 Å². The molecule has 7 heteroatoms. The molecule has 1 aliphatic carbocycles. The lowest BCUT2D eigenvalue weighted by atomic mass is 9.91. The smallest absolute Gasteiger partial charge is 0.376 e. The zero-order valence-corrected chi connectivity index (χ0v) is 12.4. The first kappa shape index (κ1) is 15.7. The van der Waals surface area contributed by atoms with Gasteiger partial charge in [0.05, 0.1) is 11.6 Å². The van der Waals surface area contributed by atoms with Crippen molar-refractivity contribution >= 4 is 11.3 Å². The van der Waals surface area contributed by atoms with Gasteiger partial charge < -0.3 is 10.1 Å². The van der Waals surface area contributed by atoms with Crippen LogP contribution in [0.1, 0.15) is 48.5 Å². The van der Waals surface area contributed by atoms with Gasteiger partial charge in [-0.25, -0.2) is 4.98 Å². The number of aromatic nitrogens is 1. The Balaban J connectivity index is 2.31. The Kier molecular flexibility index (Phi) is 4.71. The first-order chi connectivity index (χ1) is 9.43. The number of methoxy groups -OCH3 is 1. The maximum atomic E-state index is 12.7. The van der Waals surface area contributed by atoms with Crippen molar-refractivity contribution in [3.05, 3.63) is 16.1 Å². The lowest BCUT2D eigenvalue weighted by Gasteiger charge is -2.36. The van der Waals surface area contributed by atoms with Crippen LogP contribution in [-0.2, 0) is 10.9 Å². The van der Waals surface area contributed by atoms with Gasteiger partial charge in [-0.15, -0.1) is 11.3 Å². The van der Waals surface area contributed by atoms with Crippen molar-refractivity contribution in [1.82, 2.24) is 10.3 Å². The molecule has 2 rings (SSSR count). The van der Waals surface area contributed by atoms with Gasteiger partial charge in [-0.2, -0.15) is 13.2 Å². The van der Waals surface area contributed by atoms with Crippen LogP contribution in [0.15, 0.2) is 6.20 Å². The molecule has 1 heterocycles. The van der Waals surface area contributed by atoms with Crippen LogP contribution in [-0.4, -0.2) is 24.2 Å². The second kappa shape index (κ2) is 5.99. The molecule has 1 aromatic heterocycles. The lowest BCUT2D eigenvalue weighted by Crippen LogP contribution is -2.43. The van der Waals surface area contributed by atoms with E-state index in [-0.39, 0.29) is 6.04 Å². The van der Waals surface area contributed by atoms with Crippen molar-refractivity contribution in [3.63, 3.8) is 0 Å². The van der Waals surface area contributed by atoms with Crippen LogP contribution in [0, 0.1) is 0 Å². The standard InChI is InChI=1S/C13H19F3N2OS/c1-3-17-10(12(19-2)6-4-5-7-12)9-8-18-11(20-9)13(14,15)16/h8,10,17H,3-7H2,1-2H3. The molecule has 3 nitrogen and oxygen atoms in total. The first-order valence-electron chi connectivity index (χ1n) is 6.74. The fourth-order valence-corrected chi connectivity index (χ4v) is 3.85. The fraction of sp³-hybridized carbons (Fsp3) is 0.769. The number of alkyl halides is 3. The maximum absolute atomic E-state index is 12.7. The van der Waals surface area contributed by atoms with Gasteiger partial charge in [0.1, 0.15) is 0 Å². The molecular weight excluding hydrogens is 289 g/mol. The van der Waals surface area contributed by atoms with Crippen LogP contribution in [0.3, 0.4) is 0 Å². The van der Waals surface area contributed by atoms with E-state index in [1.54, 1.807) is 7.11 Å². The molecule has 0 radical (unpaired) electrons. The molecule has 1 aliphatic rings. The second-order valence-corrected chi connectivity index (χ2v) is 6.09. The topological polar surface area (TPSA) is 34.2 Å². The van der Waals surface area contributed by atoms with E-state index in [0.29, 0.717) is 22.8 Å². The summed E-state index contributed by atoms with van der Waals surface area (Å²) in [6.45, 7) is 2.62. The highest BCUT2D eigenvalue weighted by molar-refractivity contribution is 7.11. The van der Waals surface area contributed by atoms with Gasteiger partial charge in [-0.3, -0.25) is 0 Å². The summed E-state index contributed by atoms with van der Waals surface area (Å²) in [4.78, 5) is 4.13. The number of ether oxygens (including phenoxy) is 1. The Labute approximate surface area is 120 Å². The molecule has 1 N–H and O–H groups in total. The van der Waals surface area contributed by atoms with E-state index in [9.17, 15) is 13.2 Å². The highest BCUT2D eigenvalue weighted by Gasteiger charge is 2.44. The molecule has 0 aliphatic heterocycles. The predicted molar refractivity (Wildman–Crippen MR) is 71.7 cm³/mol. The minimum absolute atomic E-state index is 0.228. The summed E-state index contributed by atoms with van der Waals surface area (Å²) in [5.74, 6) is 0. The molecule has 1 saturated carbocycles. The number of hydrogen-bond acceptors (Lipinski definition) is 4. The second-order valence-electron chi connectivity index (χ2n) is 5.03. The molecule has 0 aromatic carbocycles. The van der Waals surface area contributed by atoms with Gasteiger partial charge in [0, 0.05) is 18.2 Å². The Morgan fingerprint density at radius 2 is 2.10 bits per heavy atom. The van der Waals surface area contributed by atoms with Crippen molar-refractivity contribution in [3.8, 4) is 0 Å². The van der Waals surface area contributed by atoms with Gasteiger partial charge in [-0.05, 0) is 19.4 Å². The van der Waals surface area contributed by atoms with E-state index < -0.39 is 16.8 Å². The zero-order valence-electron chi connectivity index (χ0n) is 11.6. The molecule has 0 saturated heterocycles. The molecule has 0 spiro atoms. The van der Waals surface area contributed by atoms with Crippen molar-refractivity contribution in [2.45, 2.75) is 50.4 Å². The summed E-state index contributed by atoms with van der Waals surface area (Å²) >= 11 is 0.710. The third-order valence-corrected chi connectivity index (χ3v) is 4.95. The van der Waals surface area contributed by atoms with E-state index in [0.717, 1.165) is 25.7 Å². The summed E-state index contributed by atoms with van der Waals surface area (Å²) in [5, 5.41) is 2.48. The fourth-order valence-electron chi connectivity index (χ4n) is 2.89. The van der Waals surface area contributed by atoms with Crippen LogP contribution in [0.5, 0.6) is 0 Å². The van der Waals surface area contributed by atoms with Gasteiger partial charge in [-0.1, -0.05) is 19.8 Å². The lowest BCUT2D eigenvalue weighted by molar-refractivity contribution is -0.137. The normalized spacial score (nSPS) is 20.2. The van der Waals surface area contributed by atoms with Gasteiger partial charge >= 0.3 is 6.18 Å². The minimum atomic E-state index is -4.38. The third kappa shape index (κ3) is 2.99. The first-order valence-corrected chi connectivity index (χ1v) is 7.56. The highest BCUT2D eigenvalue weighted by atomic mass is 32.1. The number of nitrogens with one attached hydrogen (secondary N) is 1. The molecule has 114 valence electrons. The number of thiazole rings is 1. The highest BCUT2D eigenvalue weighted by Crippen LogP contribution is 2.45. The van der Waals surface area contributed by atoms with Gasteiger partial charge in [0.25, 0.3) is 0 Å². The molecule has 1 fully saturated rings. The molecule has 1 unspecified atom stereocenters. The summed E-state index contributed by atoms with van der Waals surface area (Å²) in [6.07, 6.45) is 0.762. The van der Waals surface area contributed by atoms with Gasteiger partial charge in [0.15, 0.2) is 5.01 Å². The molecule has 1 atom stereocenters. The summed E-state index contributed by atoms with van der Waals surface area (Å²) in [5.41, 5.74) is -0.411. The minimum Gasteiger partial charge on any atom is -0.376 e.